The maximum Gasteiger partial charge on any atom is 0.251 e. The smallest absolute Gasteiger partial charge is 0.251 e. The lowest BCUT2D eigenvalue weighted by atomic mass is 9.76. The lowest BCUT2D eigenvalue weighted by molar-refractivity contribution is -0.0867. The number of alkyl halides is 2. The molecule has 41 heavy (non-hydrogen) atoms. The third kappa shape index (κ3) is 6.72. The van der Waals surface area contributed by atoms with Crippen LogP contribution < -0.4 is 16.0 Å². The molecule has 2 aromatic carbocycles. The van der Waals surface area contributed by atoms with Crippen LogP contribution in [-0.4, -0.2) is 73.9 Å². The Morgan fingerprint density at radius 3 is 2.27 bits per heavy atom. The normalized spacial score (nSPS) is 21.4. The van der Waals surface area contributed by atoms with Crippen LogP contribution in [0.15, 0.2) is 42.5 Å². The van der Waals surface area contributed by atoms with Crippen molar-refractivity contribution in [1.29, 1.82) is 5.41 Å². The van der Waals surface area contributed by atoms with E-state index in [4.69, 9.17) is 15.9 Å². The second kappa shape index (κ2) is 12.4. The molecule has 2 aliphatic heterocycles. The average Bonchev–Trinajstić information content (AvgIpc) is 3.01. The standard InChI is InChI=1S/C32H43F2N5O2/c1-2-23-9-15-39(16-10-23)31(11-13-32(33,34)14-12-31)22-37-30(40)25-5-8-28(35)27(21-25)29(36)24-3-6-26(7-4-24)38-17-19-41-20-18-38/h3-8,21,23,36H,2,9-20,22,35H2,1H3,(H,37,40). The first-order valence-electron chi connectivity index (χ1n) is 15.0. The Morgan fingerprint density at radius 1 is 1.00 bits per heavy atom. The first-order chi connectivity index (χ1) is 19.7. The van der Waals surface area contributed by atoms with Crippen molar-refractivity contribution in [3.63, 3.8) is 0 Å². The second-order valence-electron chi connectivity index (χ2n) is 11.9. The number of hydrogen-bond donors (Lipinski definition) is 3. The highest BCUT2D eigenvalue weighted by Crippen LogP contribution is 2.43. The molecular formula is C32H43F2N5O2. The number of anilines is 2. The Morgan fingerprint density at radius 2 is 1.63 bits per heavy atom. The van der Waals surface area contributed by atoms with Crippen LogP contribution in [0.1, 0.15) is 73.4 Å². The van der Waals surface area contributed by atoms with E-state index in [2.05, 4.69) is 22.0 Å². The average molecular weight is 568 g/mol. The van der Waals surface area contributed by atoms with E-state index in [9.17, 15) is 13.6 Å². The minimum Gasteiger partial charge on any atom is -0.398 e. The van der Waals surface area contributed by atoms with Crippen LogP contribution >= 0.6 is 0 Å². The Hall–Kier alpha value is -3.04. The summed E-state index contributed by atoms with van der Waals surface area (Å²) < 4.78 is 33.8. The van der Waals surface area contributed by atoms with Crippen LogP contribution in [0.5, 0.6) is 0 Å². The molecule has 7 nitrogen and oxygen atoms in total. The highest BCUT2D eigenvalue weighted by atomic mass is 19.3. The number of nitrogens with two attached hydrogens (primary N) is 1. The van der Waals surface area contributed by atoms with E-state index in [-0.39, 0.29) is 24.5 Å². The Kier molecular flexibility index (Phi) is 8.94. The Bertz CT molecular complexity index is 1210. The monoisotopic (exact) mass is 567 g/mol. The highest BCUT2D eigenvalue weighted by Gasteiger charge is 2.47. The van der Waals surface area contributed by atoms with Crippen molar-refractivity contribution in [3.05, 3.63) is 59.2 Å². The van der Waals surface area contributed by atoms with E-state index < -0.39 is 11.5 Å². The fourth-order valence-electron chi connectivity index (χ4n) is 6.58. The molecule has 222 valence electrons. The number of piperidine rings is 1. The number of amides is 1. The summed E-state index contributed by atoms with van der Waals surface area (Å²) in [6.45, 7) is 7.38. The van der Waals surface area contributed by atoms with E-state index >= 15 is 0 Å². The van der Waals surface area contributed by atoms with Crippen LogP contribution in [0.4, 0.5) is 20.2 Å². The molecule has 0 radical (unpaired) electrons. The van der Waals surface area contributed by atoms with Crippen molar-refractivity contribution in [2.24, 2.45) is 5.92 Å². The molecular weight excluding hydrogens is 524 g/mol. The van der Waals surface area contributed by atoms with Gasteiger partial charge in [0.2, 0.25) is 5.92 Å². The van der Waals surface area contributed by atoms with Gasteiger partial charge >= 0.3 is 0 Å². The van der Waals surface area contributed by atoms with Gasteiger partial charge in [-0.15, -0.1) is 0 Å². The zero-order valence-corrected chi connectivity index (χ0v) is 24.1. The number of nitrogens with zero attached hydrogens (tertiary/aromatic N) is 2. The van der Waals surface area contributed by atoms with Crippen LogP contribution in [-0.2, 0) is 4.74 Å². The van der Waals surface area contributed by atoms with Crippen molar-refractivity contribution in [1.82, 2.24) is 10.2 Å². The van der Waals surface area contributed by atoms with Gasteiger partial charge in [-0.25, -0.2) is 8.78 Å². The van der Waals surface area contributed by atoms with E-state index in [0.29, 0.717) is 60.9 Å². The molecule has 0 unspecified atom stereocenters. The van der Waals surface area contributed by atoms with Crippen LogP contribution in [0, 0.1) is 11.3 Å². The highest BCUT2D eigenvalue weighted by molar-refractivity contribution is 6.15. The van der Waals surface area contributed by atoms with Gasteiger partial charge in [-0.05, 0) is 75.0 Å². The molecule has 9 heteroatoms. The number of hydrogen-bond acceptors (Lipinski definition) is 6. The molecule has 3 fully saturated rings. The van der Waals surface area contributed by atoms with Crippen LogP contribution in [0.2, 0.25) is 0 Å². The van der Waals surface area contributed by atoms with E-state index in [0.717, 1.165) is 51.1 Å². The van der Waals surface area contributed by atoms with Crippen LogP contribution in [0.25, 0.3) is 0 Å². The summed E-state index contributed by atoms with van der Waals surface area (Å²) in [4.78, 5) is 18.0. The zero-order valence-electron chi connectivity index (χ0n) is 24.1. The van der Waals surface area contributed by atoms with Gasteiger partial charge in [-0.3, -0.25) is 15.1 Å². The van der Waals surface area contributed by atoms with Crippen molar-refractivity contribution in [2.75, 3.05) is 56.6 Å². The number of nitrogen functional groups attached to an aromatic ring is 1. The van der Waals surface area contributed by atoms with Gasteiger partial charge in [0.25, 0.3) is 5.91 Å². The van der Waals surface area contributed by atoms with Crippen molar-refractivity contribution < 1.29 is 18.3 Å². The largest absolute Gasteiger partial charge is 0.398 e. The summed E-state index contributed by atoms with van der Waals surface area (Å²) >= 11 is 0. The van der Waals surface area contributed by atoms with Gasteiger partial charge in [0.1, 0.15) is 0 Å². The van der Waals surface area contributed by atoms with Gasteiger partial charge in [0.15, 0.2) is 0 Å². The maximum absolute atomic E-state index is 14.2. The van der Waals surface area contributed by atoms with E-state index in [1.807, 2.05) is 24.3 Å². The molecule has 0 bridgehead atoms. The molecule has 2 heterocycles. The molecule has 0 atom stereocenters. The number of halogens is 2. The zero-order chi connectivity index (χ0) is 29.0. The fourth-order valence-corrected chi connectivity index (χ4v) is 6.58. The van der Waals surface area contributed by atoms with Crippen LogP contribution in [0.3, 0.4) is 0 Å². The molecule has 2 aromatic rings. The predicted octanol–water partition coefficient (Wildman–Crippen LogP) is 5.32. The minimum atomic E-state index is -2.64. The number of carbonyl (C=O) groups excluding carboxylic acids is 1. The quantitative estimate of drug-likeness (QED) is 0.297. The first-order valence-corrected chi connectivity index (χ1v) is 15.0. The molecule has 0 aromatic heterocycles. The summed E-state index contributed by atoms with van der Waals surface area (Å²) in [5.41, 5.74) is 9.17. The number of likely N-dealkylation sites (tertiary alicyclic amines) is 1. The predicted molar refractivity (Wildman–Crippen MR) is 159 cm³/mol. The number of carbonyl (C=O) groups is 1. The summed E-state index contributed by atoms with van der Waals surface area (Å²) in [5.74, 6) is -2.23. The van der Waals surface area contributed by atoms with Gasteiger partial charge in [0, 0.05) is 66.1 Å². The van der Waals surface area contributed by atoms with Gasteiger partial charge in [-0.1, -0.05) is 25.5 Å². The minimum absolute atomic E-state index is 0.149. The van der Waals surface area contributed by atoms with E-state index in [1.165, 1.54) is 0 Å². The third-order valence-corrected chi connectivity index (χ3v) is 9.47. The van der Waals surface area contributed by atoms with Gasteiger partial charge in [0.05, 0.1) is 18.9 Å². The molecule has 5 rings (SSSR count). The fraction of sp³-hybridized carbons (Fsp3) is 0.562. The Labute approximate surface area is 241 Å². The number of rotatable bonds is 8. The number of ether oxygens (including phenoxy) is 1. The lowest BCUT2D eigenvalue weighted by Crippen LogP contribution is -2.60. The molecule has 3 aliphatic rings. The molecule has 1 saturated carbocycles. The van der Waals surface area contributed by atoms with Gasteiger partial charge in [-0.2, -0.15) is 0 Å². The first kappa shape index (κ1) is 29.5. The lowest BCUT2D eigenvalue weighted by Gasteiger charge is -2.50. The number of benzene rings is 2. The summed E-state index contributed by atoms with van der Waals surface area (Å²) in [5, 5.41) is 11.9. The van der Waals surface area contributed by atoms with E-state index in [1.54, 1.807) is 18.2 Å². The third-order valence-electron chi connectivity index (χ3n) is 9.47. The molecule has 2 saturated heterocycles. The summed E-state index contributed by atoms with van der Waals surface area (Å²) in [7, 11) is 0. The van der Waals surface area contributed by atoms with Gasteiger partial charge < -0.3 is 20.7 Å². The maximum atomic E-state index is 14.2. The summed E-state index contributed by atoms with van der Waals surface area (Å²) in [6, 6.07) is 12.8. The molecule has 1 aliphatic carbocycles. The summed E-state index contributed by atoms with van der Waals surface area (Å²) in [6.07, 6.45) is 3.72. The number of morpholine rings is 1. The molecule has 0 spiro atoms. The van der Waals surface area contributed by atoms with Crippen molar-refractivity contribution >= 4 is 23.0 Å². The molecule has 4 N–H and O–H groups in total. The number of nitrogens with one attached hydrogen (secondary N) is 2. The van der Waals surface area contributed by atoms with Crippen molar-refractivity contribution in [2.45, 2.75) is 63.3 Å². The molecule has 1 amide bonds. The SMILES string of the molecule is CCC1CCN(C2(CNC(=O)c3ccc(N)c(C(=N)c4ccc(N5CCOCC5)cc4)c3)CCC(F)(F)CC2)CC1. The Balaban J connectivity index is 1.28. The second-order valence-corrected chi connectivity index (χ2v) is 11.9. The topological polar surface area (TPSA) is 94.7 Å². The van der Waals surface area contributed by atoms with Crippen molar-refractivity contribution in [3.8, 4) is 0 Å².